The smallest absolute Gasteiger partial charge is 0.337 e. The first-order valence-corrected chi connectivity index (χ1v) is 10.6. The topological polar surface area (TPSA) is 84.3 Å². The molecule has 29 heavy (non-hydrogen) atoms. The van der Waals surface area contributed by atoms with Crippen LogP contribution in [-0.2, 0) is 22.4 Å². The number of aliphatic carboxylic acids is 1. The number of hydrogen-bond donors (Lipinski definition) is 2. The number of carboxylic acids is 1. The monoisotopic (exact) mass is 411 g/mol. The zero-order chi connectivity index (χ0) is 20.8. The lowest BCUT2D eigenvalue weighted by atomic mass is 10.1. The van der Waals surface area contributed by atoms with Gasteiger partial charge in [0.1, 0.15) is 5.82 Å². The zero-order valence-corrected chi connectivity index (χ0v) is 17.6. The first kappa shape index (κ1) is 21.0. The second-order valence-electron chi connectivity index (χ2n) is 6.43. The zero-order valence-electron chi connectivity index (χ0n) is 16.8. The quantitative estimate of drug-likeness (QED) is 0.501. The van der Waals surface area contributed by atoms with Gasteiger partial charge in [0, 0.05) is 23.6 Å². The molecule has 0 aliphatic carbocycles. The number of ether oxygens (including phenoxy) is 1. The van der Waals surface area contributed by atoms with E-state index < -0.39 is 12.1 Å². The largest absolute Gasteiger partial charge is 0.479 e. The standard InChI is InChI=1S/C22H25N3O3S/c1-4-16-17(5-2)24-21(18-8-7-13-29-18)25-20(16)23-15-11-9-14(10-12-15)19(22(26)27)28-6-3/h7-13,19H,4-6H2,1-3H3,(H,26,27)(H,23,24,25). The lowest BCUT2D eigenvalue weighted by Gasteiger charge is -2.16. The van der Waals surface area contributed by atoms with Crippen molar-refractivity contribution in [2.45, 2.75) is 39.7 Å². The molecule has 0 spiro atoms. The summed E-state index contributed by atoms with van der Waals surface area (Å²) in [6, 6.07) is 11.2. The second-order valence-corrected chi connectivity index (χ2v) is 7.37. The van der Waals surface area contributed by atoms with Crippen LogP contribution < -0.4 is 5.32 Å². The predicted octanol–water partition coefficient (Wildman–Crippen LogP) is 5.24. The Hall–Kier alpha value is -2.77. The van der Waals surface area contributed by atoms with Crippen molar-refractivity contribution in [3.8, 4) is 10.7 Å². The number of benzene rings is 1. The average molecular weight is 412 g/mol. The number of nitrogens with zero attached hydrogens (tertiary/aromatic N) is 2. The number of thiophene rings is 1. The molecule has 0 amide bonds. The van der Waals surface area contributed by atoms with Crippen molar-refractivity contribution in [3.05, 3.63) is 58.6 Å². The highest BCUT2D eigenvalue weighted by Gasteiger charge is 2.20. The van der Waals surface area contributed by atoms with Crippen molar-refractivity contribution < 1.29 is 14.6 Å². The molecule has 2 N–H and O–H groups in total. The fraction of sp³-hybridized carbons (Fsp3) is 0.318. The minimum Gasteiger partial charge on any atom is -0.479 e. The molecule has 152 valence electrons. The van der Waals surface area contributed by atoms with Gasteiger partial charge in [0.2, 0.25) is 0 Å². The lowest BCUT2D eigenvalue weighted by molar-refractivity contribution is -0.150. The van der Waals surface area contributed by atoms with Gasteiger partial charge in [0.25, 0.3) is 0 Å². The Balaban J connectivity index is 1.92. The summed E-state index contributed by atoms with van der Waals surface area (Å²) in [5, 5.41) is 14.8. The SMILES string of the molecule is CCOC(C(=O)O)c1ccc(Nc2nc(-c3cccs3)nc(CC)c2CC)cc1. The highest BCUT2D eigenvalue weighted by atomic mass is 32.1. The molecule has 0 radical (unpaired) electrons. The normalized spacial score (nSPS) is 12.0. The maximum Gasteiger partial charge on any atom is 0.337 e. The molecular formula is C22H25N3O3S. The molecular weight excluding hydrogens is 386 g/mol. The molecule has 2 aromatic heterocycles. The van der Waals surface area contributed by atoms with Gasteiger partial charge < -0.3 is 15.2 Å². The molecule has 0 aliphatic heterocycles. The summed E-state index contributed by atoms with van der Waals surface area (Å²) in [6.07, 6.45) is 0.683. The van der Waals surface area contributed by atoms with Crippen LogP contribution in [0.2, 0.25) is 0 Å². The van der Waals surface area contributed by atoms with Crippen molar-refractivity contribution >= 4 is 28.8 Å². The van der Waals surface area contributed by atoms with E-state index in [1.54, 1.807) is 30.4 Å². The average Bonchev–Trinajstić information content (AvgIpc) is 3.27. The molecule has 1 unspecified atom stereocenters. The molecule has 0 saturated carbocycles. The van der Waals surface area contributed by atoms with Crippen LogP contribution in [0.3, 0.4) is 0 Å². The van der Waals surface area contributed by atoms with Crippen LogP contribution >= 0.6 is 11.3 Å². The van der Waals surface area contributed by atoms with Crippen molar-refractivity contribution in [1.29, 1.82) is 0 Å². The third kappa shape index (κ3) is 4.81. The van der Waals surface area contributed by atoms with Gasteiger partial charge in [-0.2, -0.15) is 0 Å². The predicted molar refractivity (Wildman–Crippen MR) is 116 cm³/mol. The van der Waals surface area contributed by atoms with Gasteiger partial charge in [-0.05, 0) is 48.9 Å². The number of hydrogen-bond acceptors (Lipinski definition) is 6. The molecule has 3 rings (SSSR count). The Kier molecular flexibility index (Phi) is 6.95. The molecule has 0 saturated heterocycles. The van der Waals surface area contributed by atoms with Gasteiger partial charge in [-0.25, -0.2) is 14.8 Å². The molecule has 3 aromatic rings. The third-order valence-electron chi connectivity index (χ3n) is 4.56. The van der Waals surface area contributed by atoms with E-state index in [2.05, 4.69) is 19.2 Å². The number of carboxylic acid groups (broad SMARTS) is 1. The highest BCUT2D eigenvalue weighted by Crippen LogP contribution is 2.29. The van der Waals surface area contributed by atoms with E-state index in [0.717, 1.165) is 46.3 Å². The minimum absolute atomic E-state index is 0.336. The first-order valence-electron chi connectivity index (χ1n) is 9.72. The van der Waals surface area contributed by atoms with Crippen LogP contribution in [0.25, 0.3) is 10.7 Å². The maximum atomic E-state index is 11.4. The van der Waals surface area contributed by atoms with Crippen LogP contribution in [0.4, 0.5) is 11.5 Å². The Morgan fingerprint density at radius 3 is 2.45 bits per heavy atom. The van der Waals surface area contributed by atoms with Gasteiger partial charge in [-0.15, -0.1) is 11.3 Å². The maximum absolute atomic E-state index is 11.4. The summed E-state index contributed by atoms with van der Waals surface area (Å²) in [5.41, 5.74) is 3.57. The van der Waals surface area contributed by atoms with Gasteiger partial charge in [0.15, 0.2) is 11.9 Å². The summed E-state index contributed by atoms with van der Waals surface area (Å²) in [4.78, 5) is 22.0. The molecule has 1 aromatic carbocycles. The van der Waals surface area contributed by atoms with Crippen LogP contribution in [-0.4, -0.2) is 27.7 Å². The fourth-order valence-electron chi connectivity index (χ4n) is 3.17. The van der Waals surface area contributed by atoms with Gasteiger partial charge >= 0.3 is 5.97 Å². The summed E-state index contributed by atoms with van der Waals surface area (Å²) in [7, 11) is 0. The van der Waals surface area contributed by atoms with E-state index >= 15 is 0 Å². The van der Waals surface area contributed by atoms with Crippen molar-refractivity contribution in [3.63, 3.8) is 0 Å². The molecule has 0 bridgehead atoms. The number of anilines is 2. The Labute approximate surface area is 174 Å². The number of rotatable bonds is 9. The van der Waals surface area contributed by atoms with E-state index in [-0.39, 0.29) is 0 Å². The summed E-state index contributed by atoms with van der Waals surface area (Å²) in [6.45, 7) is 6.31. The summed E-state index contributed by atoms with van der Waals surface area (Å²) < 4.78 is 5.33. The van der Waals surface area contributed by atoms with Crippen molar-refractivity contribution in [2.24, 2.45) is 0 Å². The Morgan fingerprint density at radius 2 is 1.90 bits per heavy atom. The molecule has 7 heteroatoms. The van der Waals surface area contributed by atoms with E-state index in [1.165, 1.54) is 0 Å². The molecule has 1 atom stereocenters. The Morgan fingerprint density at radius 1 is 1.14 bits per heavy atom. The highest BCUT2D eigenvalue weighted by molar-refractivity contribution is 7.13. The van der Waals surface area contributed by atoms with E-state index in [0.29, 0.717) is 12.2 Å². The molecule has 6 nitrogen and oxygen atoms in total. The minimum atomic E-state index is -0.996. The lowest BCUT2D eigenvalue weighted by Crippen LogP contribution is -2.15. The second kappa shape index (κ2) is 9.62. The van der Waals surface area contributed by atoms with Crippen LogP contribution in [0.1, 0.15) is 43.7 Å². The van der Waals surface area contributed by atoms with Crippen molar-refractivity contribution in [2.75, 3.05) is 11.9 Å². The van der Waals surface area contributed by atoms with Gasteiger partial charge in [-0.1, -0.05) is 32.0 Å². The molecule has 0 aliphatic rings. The molecule has 0 fully saturated rings. The Bertz CT molecular complexity index is 956. The molecule has 2 heterocycles. The third-order valence-corrected chi connectivity index (χ3v) is 5.42. The van der Waals surface area contributed by atoms with Crippen LogP contribution in [0, 0.1) is 0 Å². The van der Waals surface area contributed by atoms with E-state index in [1.807, 2.05) is 29.6 Å². The number of nitrogens with one attached hydrogen (secondary N) is 1. The van der Waals surface area contributed by atoms with Crippen molar-refractivity contribution in [1.82, 2.24) is 9.97 Å². The van der Waals surface area contributed by atoms with Gasteiger partial charge in [-0.3, -0.25) is 0 Å². The van der Waals surface area contributed by atoms with Gasteiger partial charge in [0.05, 0.1) is 4.88 Å². The number of carbonyl (C=O) groups is 1. The summed E-state index contributed by atoms with van der Waals surface area (Å²) in [5.74, 6) is 0.510. The van der Waals surface area contributed by atoms with Crippen LogP contribution in [0.15, 0.2) is 41.8 Å². The first-order chi connectivity index (χ1) is 14.1. The van der Waals surface area contributed by atoms with E-state index in [9.17, 15) is 9.90 Å². The number of aryl methyl sites for hydroxylation is 1. The number of aromatic nitrogens is 2. The van der Waals surface area contributed by atoms with Crippen LogP contribution in [0.5, 0.6) is 0 Å². The van der Waals surface area contributed by atoms with E-state index in [4.69, 9.17) is 14.7 Å². The fourth-order valence-corrected chi connectivity index (χ4v) is 3.83. The summed E-state index contributed by atoms with van der Waals surface area (Å²) >= 11 is 1.61.